The van der Waals surface area contributed by atoms with Crippen LogP contribution in [0.1, 0.15) is 25.3 Å². The highest BCUT2D eigenvalue weighted by atomic mass is 16.2. The summed E-state index contributed by atoms with van der Waals surface area (Å²) in [5.74, 6) is -0.233. The van der Waals surface area contributed by atoms with Crippen molar-refractivity contribution in [2.45, 2.75) is 38.3 Å². The molecule has 2 aromatic rings. The van der Waals surface area contributed by atoms with Crippen LogP contribution in [0.2, 0.25) is 0 Å². The number of hydrogen-bond acceptors (Lipinski definition) is 2. The summed E-state index contributed by atoms with van der Waals surface area (Å²) >= 11 is 0. The fourth-order valence-electron chi connectivity index (χ4n) is 2.53. The first-order valence-electron chi connectivity index (χ1n) is 7.70. The van der Waals surface area contributed by atoms with Crippen LogP contribution >= 0.6 is 0 Å². The smallest absolute Gasteiger partial charge is 0.242 e. The van der Waals surface area contributed by atoms with Gasteiger partial charge in [0.2, 0.25) is 11.8 Å². The number of nitrogens with one attached hydrogen (secondary N) is 2. The molecular weight excluding hydrogens is 276 g/mol. The van der Waals surface area contributed by atoms with E-state index in [2.05, 4.69) is 10.6 Å². The lowest BCUT2D eigenvalue weighted by molar-refractivity contribution is -0.128. The minimum Gasteiger partial charge on any atom is -0.352 e. The Morgan fingerprint density at radius 3 is 2.64 bits per heavy atom. The van der Waals surface area contributed by atoms with Crippen LogP contribution in [-0.2, 0) is 16.0 Å². The molecule has 0 bridgehead atoms. The van der Waals surface area contributed by atoms with Crippen molar-refractivity contribution in [3.8, 4) is 0 Å². The summed E-state index contributed by atoms with van der Waals surface area (Å²) in [7, 11) is 0. The first kappa shape index (κ1) is 14.6. The van der Waals surface area contributed by atoms with Gasteiger partial charge in [0.1, 0.15) is 6.04 Å². The van der Waals surface area contributed by atoms with Crippen LogP contribution in [0.25, 0.3) is 10.8 Å². The standard InChI is InChI=1S/C18H20N2O2/c1-12(18(22)20-15-9-10-15)19-17(21)11-14-7-4-6-13-5-2-3-8-16(13)14/h2-8,12,15H,9-11H2,1H3,(H,19,21)(H,20,22). The predicted molar refractivity (Wildman–Crippen MR) is 86.4 cm³/mol. The van der Waals surface area contributed by atoms with E-state index in [1.54, 1.807) is 6.92 Å². The quantitative estimate of drug-likeness (QED) is 0.888. The van der Waals surface area contributed by atoms with Gasteiger partial charge in [-0.2, -0.15) is 0 Å². The summed E-state index contributed by atoms with van der Waals surface area (Å²) in [6, 6.07) is 13.7. The molecule has 2 N–H and O–H groups in total. The van der Waals surface area contributed by atoms with Gasteiger partial charge in [0.25, 0.3) is 0 Å². The number of benzene rings is 2. The lowest BCUT2D eigenvalue weighted by Crippen LogP contribution is -2.45. The fourth-order valence-corrected chi connectivity index (χ4v) is 2.53. The van der Waals surface area contributed by atoms with Crippen LogP contribution in [-0.4, -0.2) is 23.9 Å². The van der Waals surface area contributed by atoms with Gasteiger partial charge in [0.15, 0.2) is 0 Å². The maximum atomic E-state index is 12.2. The normalized spacial score (nSPS) is 15.3. The van der Waals surface area contributed by atoms with E-state index in [4.69, 9.17) is 0 Å². The first-order chi connectivity index (χ1) is 10.6. The Morgan fingerprint density at radius 1 is 1.14 bits per heavy atom. The average molecular weight is 296 g/mol. The van der Waals surface area contributed by atoms with E-state index < -0.39 is 6.04 Å². The van der Waals surface area contributed by atoms with Crippen molar-refractivity contribution in [1.82, 2.24) is 10.6 Å². The number of carbonyl (C=O) groups excluding carboxylic acids is 2. The number of amides is 2. The Balaban J connectivity index is 1.64. The minimum atomic E-state index is -0.497. The van der Waals surface area contributed by atoms with E-state index in [-0.39, 0.29) is 18.2 Å². The SMILES string of the molecule is CC(NC(=O)Cc1cccc2ccccc12)C(=O)NC1CC1. The largest absolute Gasteiger partial charge is 0.352 e. The molecule has 2 aromatic carbocycles. The summed E-state index contributed by atoms with van der Waals surface area (Å²) in [4.78, 5) is 24.0. The molecule has 1 saturated carbocycles. The van der Waals surface area contributed by atoms with E-state index in [1.165, 1.54) is 0 Å². The zero-order chi connectivity index (χ0) is 15.5. The molecule has 1 unspecified atom stereocenters. The Hall–Kier alpha value is -2.36. The van der Waals surface area contributed by atoms with Gasteiger partial charge in [-0.05, 0) is 36.1 Å². The van der Waals surface area contributed by atoms with Crippen LogP contribution in [0, 0.1) is 0 Å². The highest BCUT2D eigenvalue weighted by molar-refractivity contribution is 5.92. The zero-order valence-electron chi connectivity index (χ0n) is 12.6. The third kappa shape index (κ3) is 3.45. The van der Waals surface area contributed by atoms with Gasteiger partial charge < -0.3 is 10.6 Å². The van der Waals surface area contributed by atoms with E-state index in [9.17, 15) is 9.59 Å². The molecule has 22 heavy (non-hydrogen) atoms. The monoisotopic (exact) mass is 296 g/mol. The van der Waals surface area contributed by atoms with Crippen molar-refractivity contribution < 1.29 is 9.59 Å². The van der Waals surface area contributed by atoms with Gasteiger partial charge >= 0.3 is 0 Å². The Bertz CT molecular complexity index is 702. The lowest BCUT2D eigenvalue weighted by Gasteiger charge is -2.14. The van der Waals surface area contributed by atoms with E-state index in [0.717, 1.165) is 29.2 Å². The minimum absolute atomic E-state index is 0.103. The van der Waals surface area contributed by atoms with Gasteiger partial charge in [-0.3, -0.25) is 9.59 Å². The maximum Gasteiger partial charge on any atom is 0.242 e. The second-order valence-corrected chi connectivity index (χ2v) is 5.89. The molecule has 0 aromatic heterocycles. The maximum absolute atomic E-state index is 12.2. The van der Waals surface area contributed by atoms with Crippen LogP contribution < -0.4 is 10.6 Å². The van der Waals surface area contributed by atoms with Crippen molar-refractivity contribution in [2.24, 2.45) is 0 Å². The molecule has 2 amide bonds. The summed E-state index contributed by atoms with van der Waals surface area (Å²) < 4.78 is 0. The topological polar surface area (TPSA) is 58.2 Å². The summed E-state index contributed by atoms with van der Waals surface area (Å²) in [5, 5.41) is 7.87. The Labute approximate surface area is 129 Å². The molecular formula is C18H20N2O2. The highest BCUT2D eigenvalue weighted by Gasteiger charge is 2.26. The van der Waals surface area contributed by atoms with E-state index >= 15 is 0 Å². The van der Waals surface area contributed by atoms with Crippen molar-refractivity contribution >= 4 is 22.6 Å². The number of fused-ring (bicyclic) bond motifs is 1. The second-order valence-electron chi connectivity index (χ2n) is 5.89. The zero-order valence-corrected chi connectivity index (χ0v) is 12.6. The number of carbonyl (C=O) groups is 2. The summed E-state index contributed by atoms with van der Waals surface area (Å²) in [5.41, 5.74) is 0.977. The molecule has 1 aliphatic carbocycles. The average Bonchev–Trinajstić information content (AvgIpc) is 3.31. The third-order valence-corrected chi connectivity index (χ3v) is 3.93. The Morgan fingerprint density at radius 2 is 1.86 bits per heavy atom. The molecule has 0 radical (unpaired) electrons. The van der Waals surface area contributed by atoms with E-state index in [1.807, 2.05) is 42.5 Å². The Kier molecular flexibility index (Phi) is 4.09. The predicted octanol–water partition coefficient (Wildman–Crippen LogP) is 2.17. The van der Waals surface area contributed by atoms with Gasteiger partial charge in [0.05, 0.1) is 6.42 Å². The summed E-state index contributed by atoms with van der Waals surface area (Å²) in [6.45, 7) is 1.72. The molecule has 0 saturated heterocycles. The van der Waals surface area contributed by atoms with Gasteiger partial charge in [-0.15, -0.1) is 0 Å². The number of hydrogen-bond donors (Lipinski definition) is 2. The first-order valence-corrected chi connectivity index (χ1v) is 7.70. The van der Waals surface area contributed by atoms with Crippen molar-refractivity contribution in [1.29, 1.82) is 0 Å². The molecule has 3 rings (SSSR count). The van der Waals surface area contributed by atoms with Crippen molar-refractivity contribution in [3.63, 3.8) is 0 Å². The molecule has 0 heterocycles. The molecule has 1 aliphatic rings. The lowest BCUT2D eigenvalue weighted by atomic mass is 10.0. The van der Waals surface area contributed by atoms with E-state index in [0.29, 0.717) is 6.04 Å². The van der Waals surface area contributed by atoms with Gasteiger partial charge in [-0.1, -0.05) is 42.5 Å². The third-order valence-electron chi connectivity index (χ3n) is 3.93. The molecule has 4 heteroatoms. The molecule has 1 atom stereocenters. The molecule has 0 spiro atoms. The molecule has 1 fully saturated rings. The van der Waals surface area contributed by atoms with Crippen LogP contribution in [0.15, 0.2) is 42.5 Å². The second kappa shape index (κ2) is 6.18. The molecule has 114 valence electrons. The molecule has 0 aliphatic heterocycles. The van der Waals surface area contributed by atoms with Crippen LogP contribution in [0.4, 0.5) is 0 Å². The van der Waals surface area contributed by atoms with Gasteiger partial charge in [-0.25, -0.2) is 0 Å². The highest BCUT2D eigenvalue weighted by Crippen LogP contribution is 2.19. The van der Waals surface area contributed by atoms with Crippen LogP contribution in [0.5, 0.6) is 0 Å². The van der Waals surface area contributed by atoms with Crippen LogP contribution in [0.3, 0.4) is 0 Å². The van der Waals surface area contributed by atoms with Crippen molar-refractivity contribution in [2.75, 3.05) is 0 Å². The molecule has 4 nitrogen and oxygen atoms in total. The van der Waals surface area contributed by atoms with Crippen molar-refractivity contribution in [3.05, 3.63) is 48.0 Å². The fraction of sp³-hybridized carbons (Fsp3) is 0.333. The number of rotatable bonds is 5. The summed E-state index contributed by atoms with van der Waals surface area (Å²) in [6.07, 6.45) is 2.37. The van der Waals surface area contributed by atoms with Gasteiger partial charge in [0, 0.05) is 6.04 Å².